The van der Waals surface area contributed by atoms with Crippen LogP contribution in [0.1, 0.15) is 22.5 Å². The first kappa shape index (κ1) is 22.7. The zero-order valence-corrected chi connectivity index (χ0v) is 18.4. The van der Waals surface area contributed by atoms with Crippen molar-refractivity contribution in [3.63, 3.8) is 0 Å². The second-order valence-corrected chi connectivity index (χ2v) is 8.02. The van der Waals surface area contributed by atoms with Crippen LogP contribution in [0, 0.1) is 5.82 Å². The summed E-state index contributed by atoms with van der Waals surface area (Å²) in [5, 5.41) is 5.18. The Morgan fingerprint density at radius 2 is 2.03 bits per heavy atom. The van der Waals surface area contributed by atoms with Gasteiger partial charge in [0, 0.05) is 24.0 Å². The quantitative estimate of drug-likeness (QED) is 0.470. The highest BCUT2D eigenvalue weighted by Crippen LogP contribution is 2.19. The van der Waals surface area contributed by atoms with E-state index in [1.54, 1.807) is 35.5 Å². The molecule has 0 aliphatic heterocycles. The van der Waals surface area contributed by atoms with Crippen molar-refractivity contribution in [2.45, 2.75) is 12.8 Å². The molecule has 0 atom stereocenters. The van der Waals surface area contributed by atoms with Crippen LogP contribution in [0.15, 0.2) is 53.9 Å². The van der Waals surface area contributed by atoms with Crippen LogP contribution in [0.4, 0.5) is 9.52 Å². The minimum Gasteiger partial charge on any atom is -0.493 e. The third-order valence-electron chi connectivity index (χ3n) is 4.35. The average molecular weight is 462 g/mol. The molecule has 0 fully saturated rings. The molecule has 3 aromatic rings. The van der Waals surface area contributed by atoms with Gasteiger partial charge in [0.15, 0.2) is 5.13 Å². The summed E-state index contributed by atoms with van der Waals surface area (Å²) >= 11 is 7.10. The van der Waals surface area contributed by atoms with E-state index in [1.807, 2.05) is 12.1 Å². The number of benzene rings is 2. The molecule has 0 saturated heterocycles. The van der Waals surface area contributed by atoms with Gasteiger partial charge in [-0.05, 0) is 36.8 Å². The van der Waals surface area contributed by atoms with Crippen molar-refractivity contribution in [2.24, 2.45) is 0 Å². The summed E-state index contributed by atoms with van der Waals surface area (Å²) in [6.45, 7) is 0.987. The number of ether oxygens (including phenoxy) is 1. The highest BCUT2D eigenvalue weighted by molar-refractivity contribution is 7.14. The van der Waals surface area contributed by atoms with Crippen molar-refractivity contribution in [1.82, 2.24) is 9.88 Å². The summed E-state index contributed by atoms with van der Waals surface area (Å²) in [7, 11) is 1.72. The van der Waals surface area contributed by atoms with E-state index in [9.17, 15) is 14.0 Å². The summed E-state index contributed by atoms with van der Waals surface area (Å²) in [4.78, 5) is 30.4. The molecule has 0 radical (unpaired) electrons. The molecule has 2 aromatic carbocycles. The highest BCUT2D eigenvalue weighted by atomic mass is 35.5. The lowest BCUT2D eigenvalue weighted by molar-refractivity contribution is -0.129. The molecule has 0 bridgehead atoms. The largest absolute Gasteiger partial charge is 0.493 e. The number of hydrogen-bond donors (Lipinski definition) is 1. The lowest BCUT2D eigenvalue weighted by Gasteiger charge is -2.16. The summed E-state index contributed by atoms with van der Waals surface area (Å²) in [6.07, 6.45) is 0.771. The van der Waals surface area contributed by atoms with Gasteiger partial charge in [0.2, 0.25) is 5.91 Å². The van der Waals surface area contributed by atoms with Crippen LogP contribution >= 0.6 is 22.9 Å². The summed E-state index contributed by atoms with van der Waals surface area (Å²) in [5.74, 6) is -0.593. The molecule has 0 spiro atoms. The van der Waals surface area contributed by atoms with Gasteiger partial charge in [-0.25, -0.2) is 9.37 Å². The van der Waals surface area contributed by atoms with Gasteiger partial charge in [-0.3, -0.25) is 14.9 Å². The molecule has 1 heterocycles. The van der Waals surface area contributed by atoms with Crippen LogP contribution in [-0.4, -0.2) is 41.9 Å². The molecule has 0 unspecified atom stereocenters. The predicted molar refractivity (Wildman–Crippen MR) is 119 cm³/mol. The van der Waals surface area contributed by atoms with Crippen molar-refractivity contribution in [1.29, 1.82) is 0 Å². The molecule has 3 rings (SSSR count). The fourth-order valence-electron chi connectivity index (χ4n) is 2.72. The monoisotopic (exact) mass is 461 g/mol. The number of anilines is 1. The van der Waals surface area contributed by atoms with Crippen molar-refractivity contribution in [2.75, 3.05) is 25.5 Å². The topological polar surface area (TPSA) is 71.5 Å². The van der Waals surface area contributed by atoms with Crippen LogP contribution in [-0.2, 0) is 11.2 Å². The maximum atomic E-state index is 13.7. The van der Waals surface area contributed by atoms with Gasteiger partial charge < -0.3 is 9.64 Å². The number of carbonyl (C=O) groups excluding carboxylic acids is 2. The first-order valence-electron chi connectivity index (χ1n) is 9.55. The molecule has 0 saturated carbocycles. The fourth-order valence-corrected chi connectivity index (χ4v) is 3.60. The molecule has 1 aromatic heterocycles. The van der Waals surface area contributed by atoms with E-state index in [4.69, 9.17) is 16.3 Å². The van der Waals surface area contributed by atoms with E-state index < -0.39 is 11.7 Å². The number of halogens is 2. The lowest BCUT2D eigenvalue weighted by atomic mass is 10.2. The molecule has 9 heteroatoms. The Morgan fingerprint density at radius 1 is 1.23 bits per heavy atom. The number of thiazole rings is 1. The number of amides is 2. The molecule has 2 amide bonds. The number of nitrogens with one attached hydrogen (secondary N) is 1. The van der Waals surface area contributed by atoms with Crippen molar-refractivity contribution >= 4 is 39.9 Å². The Kier molecular flexibility index (Phi) is 7.97. The number of likely N-dealkylation sites (N-methyl/N-ethyl adjacent to an activating group) is 1. The van der Waals surface area contributed by atoms with Crippen LogP contribution in [0.25, 0.3) is 0 Å². The first-order chi connectivity index (χ1) is 14.9. The predicted octanol–water partition coefficient (Wildman–Crippen LogP) is 4.66. The smallest absolute Gasteiger partial charge is 0.260 e. The van der Waals surface area contributed by atoms with E-state index in [1.165, 1.54) is 29.5 Å². The minimum absolute atomic E-state index is 0.0601. The lowest BCUT2D eigenvalue weighted by Crippen LogP contribution is -2.30. The Bertz CT molecular complexity index is 1060. The summed E-state index contributed by atoms with van der Waals surface area (Å²) < 4.78 is 19.3. The second-order valence-electron chi connectivity index (χ2n) is 6.73. The zero-order chi connectivity index (χ0) is 22.2. The number of hydrogen-bond acceptors (Lipinski definition) is 5. The van der Waals surface area contributed by atoms with Gasteiger partial charge in [-0.2, -0.15) is 0 Å². The molecule has 0 aliphatic rings. The van der Waals surface area contributed by atoms with E-state index in [-0.39, 0.29) is 17.9 Å². The Balaban J connectivity index is 1.43. The standard InChI is InChI=1S/C22H21ClFN3O3S/c1-27(10-5-11-30-17-7-4-6-15(23)12-17)20(28)13-16-14-31-22(25-16)26-21(29)18-8-2-3-9-19(18)24/h2-4,6-9,12,14H,5,10-11,13H2,1H3,(H,25,26,29). The molecular formula is C22H21ClFN3O3S. The van der Waals surface area contributed by atoms with Gasteiger partial charge >= 0.3 is 0 Å². The normalized spacial score (nSPS) is 10.5. The van der Waals surface area contributed by atoms with E-state index >= 15 is 0 Å². The maximum absolute atomic E-state index is 13.7. The van der Waals surface area contributed by atoms with E-state index in [0.29, 0.717) is 41.2 Å². The van der Waals surface area contributed by atoms with E-state index in [0.717, 1.165) is 0 Å². The van der Waals surface area contributed by atoms with Crippen molar-refractivity contribution < 1.29 is 18.7 Å². The number of nitrogens with zero attached hydrogens (tertiary/aromatic N) is 2. The van der Waals surface area contributed by atoms with Crippen LogP contribution in [0.5, 0.6) is 5.75 Å². The Hall–Kier alpha value is -2.97. The molecule has 162 valence electrons. The average Bonchev–Trinajstić information content (AvgIpc) is 3.18. The Morgan fingerprint density at radius 3 is 2.81 bits per heavy atom. The molecule has 31 heavy (non-hydrogen) atoms. The third-order valence-corrected chi connectivity index (χ3v) is 5.39. The molecule has 1 N–H and O–H groups in total. The fraction of sp³-hybridized carbons (Fsp3) is 0.227. The third kappa shape index (κ3) is 6.77. The first-order valence-corrected chi connectivity index (χ1v) is 10.8. The Labute approximate surface area is 188 Å². The number of carbonyl (C=O) groups is 2. The van der Waals surface area contributed by atoms with Gasteiger partial charge in [-0.15, -0.1) is 11.3 Å². The number of aromatic nitrogens is 1. The molecular weight excluding hydrogens is 441 g/mol. The van der Waals surface area contributed by atoms with E-state index in [2.05, 4.69) is 10.3 Å². The van der Waals surface area contributed by atoms with Crippen molar-refractivity contribution in [3.05, 3.63) is 76.0 Å². The SMILES string of the molecule is CN(CCCOc1cccc(Cl)c1)C(=O)Cc1csc(NC(=O)c2ccccc2F)n1. The van der Waals surface area contributed by atoms with Crippen LogP contribution in [0.3, 0.4) is 0 Å². The molecule has 0 aliphatic carbocycles. The molecule has 6 nitrogen and oxygen atoms in total. The zero-order valence-electron chi connectivity index (χ0n) is 16.8. The van der Waals surface area contributed by atoms with Gasteiger partial charge in [0.1, 0.15) is 11.6 Å². The minimum atomic E-state index is -0.604. The number of rotatable bonds is 9. The summed E-state index contributed by atoms with van der Waals surface area (Å²) in [6, 6.07) is 12.9. The summed E-state index contributed by atoms with van der Waals surface area (Å²) in [5.41, 5.74) is 0.482. The maximum Gasteiger partial charge on any atom is 0.260 e. The highest BCUT2D eigenvalue weighted by Gasteiger charge is 2.15. The van der Waals surface area contributed by atoms with Gasteiger partial charge in [0.25, 0.3) is 5.91 Å². The second kappa shape index (κ2) is 10.9. The van der Waals surface area contributed by atoms with Gasteiger partial charge in [0.05, 0.1) is 24.3 Å². The van der Waals surface area contributed by atoms with Crippen LogP contribution in [0.2, 0.25) is 5.02 Å². The van der Waals surface area contributed by atoms with Crippen LogP contribution < -0.4 is 10.1 Å². The van der Waals surface area contributed by atoms with Gasteiger partial charge in [-0.1, -0.05) is 29.8 Å². The van der Waals surface area contributed by atoms with Crippen molar-refractivity contribution in [3.8, 4) is 5.75 Å².